The molecule has 0 spiro atoms. The molecule has 0 aliphatic rings. The maximum absolute atomic E-state index is 13.3. The molecule has 0 unspecified atom stereocenters. The van der Waals surface area contributed by atoms with E-state index in [1.807, 2.05) is 6.26 Å². The van der Waals surface area contributed by atoms with E-state index in [1.54, 1.807) is 55.1 Å². The summed E-state index contributed by atoms with van der Waals surface area (Å²) >= 11 is 2.50. The Kier molecular flexibility index (Phi) is 6.60. The zero-order valence-electron chi connectivity index (χ0n) is 16.0. The lowest BCUT2D eigenvalue weighted by molar-refractivity contribution is 0.102. The summed E-state index contributed by atoms with van der Waals surface area (Å²) in [5.74, 6) is -0.692. The van der Waals surface area contributed by atoms with E-state index in [0.717, 1.165) is 16.7 Å². The van der Waals surface area contributed by atoms with Gasteiger partial charge in [-0.25, -0.2) is 9.37 Å². The fraction of sp³-hybridized carbons (Fsp3) is 0.150. The first-order valence-electron chi connectivity index (χ1n) is 8.57. The highest BCUT2D eigenvalue weighted by Crippen LogP contribution is 2.25. The van der Waals surface area contributed by atoms with Gasteiger partial charge in [-0.2, -0.15) is 0 Å². The minimum Gasteiger partial charge on any atom is -0.339 e. The first-order chi connectivity index (χ1) is 13.9. The first-order valence-corrected chi connectivity index (χ1v) is 10.6. The summed E-state index contributed by atoms with van der Waals surface area (Å²) in [6.45, 7) is 0. The summed E-state index contributed by atoms with van der Waals surface area (Å²) < 4.78 is 15.0. The van der Waals surface area contributed by atoms with E-state index in [4.69, 9.17) is 0 Å². The summed E-state index contributed by atoms with van der Waals surface area (Å²) in [6, 6.07) is 12.9. The minimum absolute atomic E-state index is 0.0745. The second kappa shape index (κ2) is 9.15. The van der Waals surface area contributed by atoms with Gasteiger partial charge in [-0.3, -0.25) is 14.2 Å². The summed E-state index contributed by atoms with van der Waals surface area (Å²) in [5, 5.41) is 3.38. The van der Waals surface area contributed by atoms with Crippen LogP contribution in [0.3, 0.4) is 0 Å². The van der Waals surface area contributed by atoms with Gasteiger partial charge in [0.1, 0.15) is 11.5 Å². The highest BCUT2D eigenvalue weighted by atomic mass is 32.2. The molecule has 0 fully saturated rings. The number of thioether (sulfide) groups is 2. The average Bonchev–Trinajstić information content (AvgIpc) is 3.14. The smallest absolute Gasteiger partial charge is 0.285 e. The standard InChI is InChI=1S/C20H19FN4O2S2/c1-24(2)20(27)29-16-10-6-14(7-11-16)23-18(26)17-12-22-19(28-3)25(17)15-8-4-13(21)5-9-15/h4-12H,1-3H3,(H,23,26). The molecule has 150 valence electrons. The number of hydrogen-bond donors (Lipinski definition) is 1. The van der Waals surface area contributed by atoms with E-state index >= 15 is 0 Å². The van der Waals surface area contributed by atoms with Crippen LogP contribution in [0.2, 0.25) is 0 Å². The van der Waals surface area contributed by atoms with Crippen molar-refractivity contribution in [3.05, 3.63) is 66.2 Å². The van der Waals surface area contributed by atoms with Crippen LogP contribution in [-0.2, 0) is 0 Å². The van der Waals surface area contributed by atoms with Gasteiger partial charge in [0.25, 0.3) is 11.1 Å². The van der Waals surface area contributed by atoms with E-state index in [-0.39, 0.29) is 17.0 Å². The number of anilines is 1. The second-order valence-electron chi connectivity index (χ2n) is 6.18. The lowest BCUT2D eigenvalue weighted by Crippen LogP contribution is -2.17. The molecular weight excluding hydrogens is 411 g/mol. The molecule has 0 bridgehead atoms. The van der Waals surface area contributed by atoms with Gasteiger partial charge in [0, 0.05) is 30.4 Å². The molecule has 0 atom stereocenters. The maximum atomic E-state index is 13.3. The van der Waals surface area contributed by atoms with Crippen LogP contribution in [-0.4, -0.2) is 45.9 Å². The number of rotatable bonds is 5. The lowest BCUT2D eigenvalue weighted by Gasteiger charge is -2.12. The summed E-state index contributed by atoms with van der Waals surface area (Å²) in [4.78, 5) is 31.2. The van der Waals surface area contributed by atoms with Crippen LogP contribution in [0.4, 0.5) is 14.9 Å². The van der Waals surface area contributed by atoms with E-state index in [2.05, 4.69) is 10.3 Å². The van der Waals surface area contributed by atoms with Gasteiger partial charge in [-0.05, 0) is 66.5 Å². The van der Waals surface area contributed by atoms with Gasteiger partial charge in [0.2, 0.25) is 0 Å². The molecule has 29 heavy (non-hydrogen) atoms. The molecule has 1 heterocycles. The molecular formula is C20H19FN4O2S2. The topological polar surface area (TPSA) is 67.2 Å². The van der Waals surface area contributed by atoms with E-state index in [0.29, 0.717) is 22.2 Å². The Morgan fingerprint density at radius 1 is 1.07 bits per heavy atom. The first kappa shape index (κ1) is 20.9. The van der Waals surface area contributed by atoms with Crippen molar-refractivity contribution in [1.82, 2.24) is 14.5 Å². The highest BCUT2D eigenvalue weighted by molar-refractivity contribution is 8.13. The van der Waals surface area contributed by atoms with Crippen molar-refractivity contribution in [2.75, 3.05) is 25.7 Å². The Morgan fingerprint density at radius 2 is 1.72 bits per heavy atom. The third-order valence-corrected chi connectivity index (χ3v) is 5.61. The number of imidazole rings is 1. The zero-order chi connectivity index (χ0) is 21.0. The average molecular weight is 431 g/mol. The third kappa shape index (κ3) is 4.99. The molecule has 0 aliphatic carbocycles. The molecule has 6 nitrogen and oxygen atoms in total. The molecule has 2 amide bonds. The van der Waals surface area contributed by atoms with Crippen molar-refractivity contribution in [1.29, 1.82) is 0 Å². The predicted octanol–water partition coefficient (Wildman–Crippen LogP) is 4.76. The number of carbonyl (C=O) groups excluding carboxylic acids is 2. The molecule has 1 N–H and O–H groups in total. The number of hydrogen-bond acceptors (Lipinski definition) is 5. The van der Waals surface area contributed by atoms with Crippen molar-refractivity contribution in [3.8, 4) is 5.69 Å². The number of amides is 2. The maximum Gasteiger partial charge on any atom is 0.285 e. The number of carbonyl (C=O) groups is 2. The van der Waals surface area contributed by atoms with Crippen LogP contribution in [0.25, 0.3) is 5.69 Å². The number of aromatic nitrogens is 2. The van der Waals surface area contributed by atoms with Gasteiger partial charge in [0.15, 0.2) is 5.16 Å². The third-order valence-electron chi connectivity index (χ3n) is 3.91. The number of nitrogens with one attached hydrogen (secondary N) is 1. The molecule has 3 rings (SSSR count). The van der Waals surface area contributed by atoms with Crippen LogP contribution in [0.5, 0.6) is 0 Å². The largest absolute Gasteiger partial charge is 0.339 e. The van der Waals surface area contributed by atoms with Gasteiger partial charge >= 0.3 is 0 Å². The summed E-state index contributed by atoms with van der Waals surface area (Å²) in [6.07, 6.45) is 3.35. The molecule has 1 aromatic heterocycles. The van der Waals surface area contributed by atoms with Crippen molar-refractivity contribution in [3.63, 3.8) is 0 Å². The Morgan fingerprint density at radius 3 is 2.31 bits per heavy atom. The lowest BCUT2D eigenvalue weighted by atomic mass is 10.3. The quantitative estimate of drug-likeness (QED) is 0.591. The fourth-order valence-electron chi connectivity index (χ4n) is 2.47. The van der Waals surface area contributed by atoms with Gasteiger partial charge in [0.05, 0.1) is 6.20 Å². The van der Waals surface area contributed by atoms with E-state index in [9.17, 15) is 14.0 Å². The van der Waals surface area contributed by atoms with Crippen molar-refractivity contribution >= 4 is 40.4 Å². The zero-order valence-corrected chi connectivity index (χ0v) is 17.7. The molecule has 3 aromatic rings. The van der Waals surface area contributed by atoms with Crippen molar-refractivity contribution in [2.24, 2.45) is 0 Å². The second-order valence-corrected chi connectivity index (χ2v) is 7.98. The normalized spacial score (nSPS) is 10.6. The van der Waals surface area contributed by atoms with Gasteiger partial charge in [-0.1, -0.05) is 11.8 Å². The summed E-state index contributed by atoms with van der Waals surface area (Å²) in [7, 11) is 3.38. The van der Waals surface area contributed by atoms with Gasteiger partial charge in [-0.15, -0.1) is 0 Å². The van der Waals surface area contributed by atoms with Crippen LogP contribution in [0.1, 0.15) is 10.5 Å². The van der Waals surface area contributed by atoms with Crippen molar-refractivity contribution in [2.45, 2.75) is 10.1 Å². The number of benzene rings is 2. The van der Waals surface area contributed by atoms with Crippen LogP contribution in [0.15, 0.2) is 64.8 Å². The molecule has 0 radical (unpaired) electrons. The molecule has 0 aliphatic heterocycles. The summed E-state index contributed by atoms with van der Waals surface area (Å²) in [5.41, 5.74) is 1.57. The van der Waals surface area contributed by atoms with Crippen LogP contribution < -0.4 is 5.32 Å². The monoisotopic (exact) mass is 430 g/mol. The Labute approximate surface area is 176 Å². The Balaban J connectivity index is 1.80. The minimum atomic E-state index is -0.351. The number of halogens is 1. The van der Waals surface area contributed by atoms with Crippen molar-refractivity contribution < 1.29 is 14.0 Å². The fourth-order valence-corrected chi connectivity index (χ4v) is 3.67. The molecule has 0 saturated heterocycles. The Hall–Kier alpha value is -2.78. The Bertz CT molecular complexity index is 1020. The molecule has 0 saturated carbocycles. The highest BCUT2D eigenvalue weighted by Gasteiger charge is 2.18. The van der Waals surface area contributed by atoms with Crippen LogP contribution in [0, 0.1) is 5.82 Å². The number of nitrogens with zero attached hydrogens (tertiary/aromatic N) is 3. The van der Waals surface area contributed by atoms with Crippen LogP contribution >= 0.6 is 23.5 Å². The van der Waals surface area contributed by atoms with E-state index < -0.39 is 0 Å². The SMILES string of the molecule is CSc1ncc(C(=O)Nc2ccc(SC(=O)N(C)C)cc2)n1-c1ccc(F)cc1. The predicted molar refractivity (Wildman–Crippen MR) is 115 cm³/mol. The van der Waals surface area contributed by atoms with Gasteiger partial charge < -0.3 is 10.2 Å². The molecule has 9 heteroatoms. The molecule has 2 aromatic carbocycles. The van der Waals surface area contributed by atoms with E-state index in [1.165, 1.54) is 35.0 Å².